The molecule has 0 bridgehead atoms. The van der Waals surface area contributed by atoms with Gasteiger partial charge in [0.15, 0.2) is 0 Å². The number of alkyl halides is 3. The minimum atomic E-state index is -4.49. The van der Waals surface area contributed by atoms with E-state index in [1.165, 1.54) is 19.4 Å². The number of methoxy groups -OCH3 is 1. The maximum atomic E-state index is 12.8. The fourth-order valence-corrected chi connectivity index (χ4v) is 3.18. The van der Waals surface area contributed by atoms with E-state index in [2.05, 4.69) is 15.2 Å². The fraction of sp³-hybridized carbons (Fsp3) is 0.524. The van der Waals surface area contributed by atoms with Crippen molar-refractivity contribution < 1.29 is 27.4 Å². The number of halogens is 3. The second-order valence-corrected chi connectivity index (χ2v) is 6.90. The average Bonchev–Trinajstić information content (AvgIpc) is 2.74. The summed E-state index contributed by atoms with van der Waals surface area (Å²) < 4.78 is 49.2. The number of amides is 1. The molecule has 0 radical (unpaired) electrons. The number of allylic oxidation sites excluding steroid dienone is 3. The van der Waals surface area contributed by atoms with Crippen LogP contribution in [0.1, 0.15) is 31.1 Å². The summed E-state index contributed by atoms with van der Waals surface area (Å²) in [5.41, 5.74) is -0.335. The molecular formula is C21H28F3N3O3. The minimum absolute atomic E-state index is 0.231. The standard InChI is InChI=1S/C21H28F3N3O3/c1-4-5-6-18(29-3)15(2)20(28)26-14-17(27-9-11-30-12-10-27)16-7-8-19(25-13-16)21(22,23)24/h4-8,13,15,17H,9-12,14H2,1-3H3,(H,26,28)/b5-4-,18-6+/t15-,17?/m0/s1. The van der Waals surface area contributed by atoms with Crippen LogP contribution < -0.4 is 5.32 Å². The molecule has 1 saturated heterocycles. The number of morpholine rings is 1. The van der Waals surface area contributed by atoms with Gasteiger partial charge in [-0.05, 0) is 31.6 Å². The number of nitrogens with zero attached hydrogens (tertiary/aromatic N) is 2. The Bertz CT molecular complexity index is 742. The normalized spacial score (nSPS) is 18.3. The van der Waals surface area contributed by atoms with Gasteiger partial charge < -0.3 is 14.8 Å². The molecule has 0 aliphatic carbocycles. The molecular weight excluding hydrogens is 399 g/mol. The van der Waals surface area contributed by atoms with E-state index >= 15 is 0 Å². The van der Waals surface area contributed by atoms with Gasteiger partial charge in [-0.15, -0.1) is 0 Å². The van der Waals surface area contributed by atoms with Crippen molar-refractivity contribution in [2.75, 3.05) is 40.0 Å². The smallest absolute Gasteiger partial charge is 0.433 e. The van der Waals surface area contributed by atoms with Crippen molar-refractivity contribution in [3.63, 3.8) is 0 Å². The highest BCUT2D eigenvalue weighted by Gasteiger charge is 2.33. The topological polar surface area (TPSA) is 63.7 Å². The zero-order valence-corrected chi connectivity index (χ0v) is 17.4. The van der Waals surface area contributed by atoms with E-state index < -0.39 is 17.8 Å². The van der Waals surface area contributed by atoms with Crippen molar-refractivity contribution in [2.45, 2.75) is 26.1 Å². The van der Waals surface area contributed by atoms with E-state index in [0.717, 1.165) is 6.07 Å². The monoisotopic (exact) mass is 427 g/mol. The molecule has 166 valence electrons. The Kier molecular flexibility index (Phi) is 8.86. The van der Waals surface area contributed by atoms with Crippen LogP contribution in [0.25, 0.3) is 0 Å². The zero-order chi connectivity index (χ0) is 22.1. The third-order valence-corrected chi connectivity index (χ3v) is 4.93. The van der Waals surface area contributed by atoms with Crippen LogP contribution in [0, 0.1) is 5.92 Å². The third-order valence-electron chi connectivity index (χ3n) is 4.93. The summed E-state index contributed by atoms with van der Waals surface area (Å²) in [5, 5.41) is 2.90. The summed E-state index contributed by atoms with van der Waals surface area (Å²) in [6, 6.07) is 2.07. The van der Waals surface area contributed by atoms with Gasteiger partial charge >= 0.3 is 6.18 Å². The van der Waals surface area contributed by atoms with Crippen LogP contribution in [0.3, 0.4) is 0 Å². The predicted molar refractivity (Wildman–Crippen MR) is 106 cm³/mol. The Morgan fingerprint density at radius 3 is 2.60 bits per heavy atom. The lowest BCUT2D eigenvalue weighted by Gasteiger charge is -2.35. The van der Waals surface area contributed by atoms with E-state index in [-0.39, 0.29) is 18.5 Å². The summed E-state index contributed by atoms with van der Waals surface area (Å²) in [5.74, 6) is -0.224. The lowest BCUT2D eigenvalue weighted by Crippen LogP contribution is -2.44. The molecule has 1 unspecified atom stereocenters. The van der Waals surface area contributed by atoms with Gasteiger partial charge in [0.05, 0.1) is 32.3 Å². The number of nitrogens with one attached hydrogen (secondary N) is 1. The van der Waals surface area contributed by atoms with Crippen molar-refractivity contribution in [3.8, 4) is 0 Å². The van der Waals surface area contributed by atoms with E-state index in [4.69, 9.17) is 9.47 Å². The molecule has 30 heavy (non-hydrogen) atoms. The molecule has 0 saturated carbocycles. The SMILES string of the molecule is C/C=C\C=C(\OC)[C@H](C)C(=O)NCC(c1ccc(C(F)(F)F)nc1)N1CCOCC1. The lowest BCUT2D eigenvalue weighted by atomic mass is 10.0. The molecule has 1 fully saturated rings. The quantitative estimate of drug-likeness (QED) is 0.509. The van der Waals surface area contributed by atoms with Gasteiger partial charge in [0.2, 0.25) is 5.91 Å². The highest BCUT2D eigenvalue weighted by atomic mass is 19.4. The number of rotatable bonds is 8. The molecule has 2 heterocycles. The molecule has 1 aromatic heterocycles. The number of carbonyl (C=O) groups excluding carboxylic acids is 1. The van der Waals surface area contributed by atoms with Gasteiger partial charge in [-0.25, -0.2) is 0 Å². The van der Waals surface area contributed by atoms with Crippen molar-refractivity contribution in [1.82, 2.24) is 15.2 Å². The molecule has 0 spiro atoms. The van der Waals surface area contributed by atoms with Gasteiger partial charge in [-0.3, -0.25) is 14.7 Å². The first-order valence-corrected chi connectivity index (χ1v) is 9.77. The Morgan fingerprint density at radius 1 is 1.37 bits per heavy atom. The van der Waals surface area contributed by atoms with Crippen LogP contribution in [0.2, 0.25) is 0 Å². The van der Waals surface area contributed by atoms with Gasteiger partial charge in [0, 0.05) is 25.8 Å². The molecule has 9 heteroatoms. The van der Waals surface area contributed by atoms with Gasteiger partial charge in [-0.2, -0.15) is 13.2 Å². The van der Waals surface area contributed by atoms with Gasteiger partial charge in [0.1, 0.15) is 11.5 Å². The number of pyridine rings is 1. The molecule has 2 atom stereocenters. The van der Waals surface area contributed by atoms with Crippen LogP contribution in [0.5, 0.6) is 0 Å². The summed E-state index contributed by atoms with van der Waals surface area (Å²) >= 11 is 0. The molecule has 1 amide bonds. The van der Waals surface area contributed by atoms with Crippen LogP contribution in [0.15, 0.2) is 42.3 Å². The Morgan fingerprint density at radius 2 is 2.07 bits per heavy atom. The highest BCUT2D eigenvalue weighted by Crippen LogP contribution is 2.29. The molecule has 1 aliphatic rings. The first-order valence-electron chi connectivity index (χ1n) is 9.77. The van der Waals surface area contributed by atoms with Crippen LogP contribution in [0.4, 0.5) is 13.2 Å². The van der Waals surface area contributed by atoms with Crippen molar-refractivity contribution >= 4 is 5.91 Å². The molecule has 1 N–H and O–H groups in total. The summed E-state index contributed by atoms with van der Waals surface area (Å²) in [4.78, 5) is 18.3. The number of aromatic nitrogens is 1. The number of carbonyl (C=O) groups is 1. The summed E-state index contributed by atoms with van der Waals surface area (Å²) in [6.07, 6.45) is 2.07. The molecule has 6 nitrogen and oxygen atoms in total. The highest BCUT2D eigenvalue weighted by molar-refractivity contribution is 5.80. The van der Waals surface area contributed by atoms with E-state index in [0.29, 0.717) is 37.6 Å². The molecule has 0 aromatic carbocycles. The minimum Gasteiger partial charge on any atom is -0.500 e. The second-order valence-electron chi connectivity index (χ2n) is 6.90. The summed E-state index contributed by atoms with van der Waals surface area (Å²) in [6.45, 7) is 6.10. The van der Waals surface area contributed by atoms with Crippen LogP contribution in [-0.4, -0.2) is 55.7 Å². The molecule has 2 rings (SSSR count). The molecule has 1 aliphatic heterocycles. The van der Waals surface area contributed by atoms with Gasteiger partial charge in [0.25, 0.3) is 0 Å². The summed E-state index contributed by atoms with van der Waals surface area (Å²) in [7, 11) is 1.50. The van der Waals surface area contributed by atoms with Crippen LogP contribution >= 0.6 is 0 Å². The second kappa shape index (κ2) is 11.1. The Labute approximate surface area is 174 Å². The maximum absolute atomic E-state index is 12.8. The molecule has 1 aromatic rings. The van der Waals surface area contributed by atoms with E-state index in [9.17, 15) is 18.0 Å². The van der Waals surface area contributed by atoms with Crippen molar-refractivity contribution in [1.29, 1.82) is 0 Å². The Hall–Kier alpha value is -2.39. The third kappa shape index (κ3) is 6.56. The largest absolute Gasteiger partial charge is 0.500 e. The number of hydrogen-bond acceptors (Lipinski definition) is 5. The maximum Gasteiger partial charge on any atom is 0.433 e. The van der Waals surface area contributed by atoms with E-state index in [1.54, 1.807) is 19.1 Å². The van der Waals surface area contributed by atoms with E-state index in [1.807, 2.05) is 13.0 Å². The number of ether oxygens (including phenoxy) is 2. The Balaban J connectivity index is 2.15. The van der Waals surface area contributed by atoms with Crippen LogP contribution in [-0.2, 0) is 20.4 Å². The van der Waals surface area contributed by atoms with Crippen molar-refractivity contribution in [3.05, 3.63) is 53.6 Å². The fourth-order valence-electron chi connectivity index (χ4n) is 3.18. The lowest BCUT2D eigenvalue weighted by molar-refractivity contribution is -0.141. The zero-order valence-electron chi connectivity index (χ0n) is 17.4. The van der Waals surface area contributed by atoms with Gasteiger partial charge in [-0.1, -0.05) is 18.2 Å². The first kappa shape index (κ1) is 23.9. The van der Waals surface area contributed by atoms with Crippen molar-refractivity contribution in [2.24, 2.45) is 5.92 Å². The number of hydrogen-bond donors (Lipinski definition) is 1. The average molecular weight is 427 g/mol. The predicted octanol–water partition coefficient (Wildman–Crippen LogP) is 3.33. The first-order chi connectivity index (χ1) is 14.3.